The lowest BCUT2D eigenvalue weighted by Gasteiger charge is -1.97. The summed E-state index contributed by atoms with van der Waals surface area (Å²) in [6.07, 6.45) is 5.21. The summed E-state index contributed by atoms with van der Waals surface area (Å²) in [5, 5.41) is 16.6. The van der Waals surface area contributed by atoms with Gasteiger partial charge in [0.05, 0.1) is 5.70 Å². The molecule has 0 amide bonds. The van der Waals surface area contributed by atoms with Gasteiger partial charge in [-0.05, 0) is 17.7 Å². The number of nitrogens with one attached hydrogen (secondary N) is 1. The molecular weight excluding hydrogens is 220 g/mol. The zero-order valence-electron chi connectivity index (χ0n) is 8.27. The first kappa shape index (κ1) is 10.5. The van der Waals surface area contributed by atoms with E-state index in [1.807, 2.05) is 24.3 Å². The number of hydrogen-bond donors (Lipinski definition) is 2. The Morgan fingerprint density at radius 1 is 1.56 bits per heavy atom. The number of thioether (sulfide) groups is 1. The lowest BCUT2D eigenvalue weighted by molar-refractivity contribution is 1.31. The van der Waals surface area contributed by atoms with Gasteiger partial charge in [-0.15, -0.1) is 0 Å². The third-order valence-corrected chi connectivity index (χ3v) is 3.03. The molecule has 1 aromatic rings. The van der Waals surface area contributed by atoms with Gasteiger partial charge >= 0.3 is 0 Å². The maximum atomic E-state index is 8.81. The number of aromatic nitrogens is 1. The number of pyridine rings is 1. The number of rotatable bonds is 1. The minimum atomic E-state index is 0.204. The Kier molecular flexibility index (Phi) is 2.75. The molecular formula is C11H8N4S. The molecule has 0 saturated heterocycles. The Bertz CT molecular complexity index is 537. The van der Waals surface area contributed by atoms with Crippen molar-refractivity contribution in [2.75, 3.05) is 0 Å². The third kappa shape index (κ3) is 1.83. The number of nitrogens with zero attached hydrogens (tertiary/aromatic N) is 2. The fraction of sp³-hybridized carbons (Fsp3) is 0. The van der Waals surface area contributed by atoms with E-state index in [2.05, 4.69) is 4.98 Å². The Labute approximate surface area is 97.0 Å². The van der Waals surface area contributed by atoms with Gasteiger partial charge in [0, 0.05) is 17.3 Å². The minimum absolute atomic E-state index is 0.204. The molecule has 0 bridgehead atoms. The first-order valence-corrected chi connectivity index (χ1v) is 5.32. The monoisotopic (exact) mass is 228 g/mol. The molecule has 3 N–H and O–H groups in total. The summed E-state index contributed by atoms with van der Waals surface area (Å²) in [6.45, 7) is 0. The van der Waals surface area contributed by atoms with Crippen molar-refractivity contribution in [3.63, 3.8) is 0 Å². The molecule has 0 radical (unpaired) electrons. The summed E-state index contributed by atoms with van der Waals surface area (Å²) in [4.78, 5) is 4.71. The molecule has 78 valence electrons. The van der Waals surface area contributed by atoms with E-state index in [1.54, 1.807) is 12.4 Å². The smallest absolute Gasteiger partial charge is 0.112 e. The van der Waals surface area contributed by atoms with Gasteiger partial charge in [0.15, 0.2) is 0 Å². The van der Waals surface area contributed by atoms with Gasteiger partial charge in [-0.25, -0.2) is 0 Å². The van der Waals surface area contributed by atoms with Gasteiger partial charge < -0.3 is 5.73 Å². The highest BCUT2D eigenvalue weighted by Gasteiger charge is 2.23. The largest absolute Gasteiger partial charge is 0.397 e. The molecule has 0 spiro atoms. The van der Waals surface area contributed by atoms with Crippen molar-refractivity contribution >= 4 is 22.9 Å². The Morgan fingerprint density at radius 2 is 2.38 bits per heavy atom. The van der Waals surface area contributed by atoms with Crippen LogP contribution in [0, 0.1) is 16.7 Å². The van der Waals surface area contributed by atoms with Crippen molar-refractivity contribution in [1.82, 2.24) is 4.98 Å². The van der Waals surface area contributed by atoms with Gasteiger partial charge in [0.2, 0.25) is 0 Å². The van der Waals surface area contributed by atoms with Crippen LogP contribution in [0.4, 0.5) is 0 Å². The summed E-state index contributed by atoms with van der Waals surface area (Å²) in [5.74, 6) is 0. The lowest BCUT2D eigenvalue weighted by Crippen LogP contribution is -1.98. The standard InChI is InChI=1S/C11H8N4S/c12-5-8-10(13)9(16-11(8)14)4-7-2-1-3-15-6-7/h1-4,6,14H,13H2/b9-4+,14-11?. The first-order chi connectivity index (χ1) is 7.72. The van der Waals surface area contributed by atoms with Crippen molar-refractivity contribution in [2.24, 2.45) is 5.73 Å². The average Bonchev–Trinajstić information content (AvgIpc) is 2.55. The summed E-state index contributed by atoms with van der Waals surface area (Å²) in [7, 11) is 0. The second-order valence-electron chi connectivity index (χ2n) is 3.13. The van der Waals surface area contributed by atoms with E-state index in [1.165, 1.54) is 11.8 Å². The molecule has 2 rings (SSSR count). The Balaban J connectivity index is 2.40. The van der Waals surface area contributed by atoms with Crippen molar-refractivity contribution < 1.29 is 0 Å². The van der Waals surface area contributed by atoms with E-state index in [9.17, 15) is 0 Å². The van der Waals surface area contributed by atoms with Crippen LogP contribution in [0.3, 0.4) is 0 Å². The Morgan fingerprint density at radius 3 is 2.94 bits per heavy atom. The van der Waals surface area contributed by atoms with Gasteiger partial charge in [-0.3, -0.25) is 10.4 Å². The third-order valence-electron chi connectivity index (χ3n) is 2.07. The van der Waals surface area contributed by atoms with Gasteiger partial charge in [-0.2, -0.15) is 5.26 Å². The van der Waals surface area contributed by atoms with Crippen LogP contribution >= 0.6 is 11.8 Å². The number of nitriles is 1. The molecule has 5 heteroatoms. The molecule has 1 aliphatic heterocycles. The molecule has 4 nitrogen and oxygen atoms in total. The van der Waals surface area contributed by atoms with Crippen LogP contribution in [0.2, 0.25) is 0 Å². The molecule has 0 unspecified atom stereocenters. The molecule has 1 aliphatic rings. The SMILES string of the molecule is N#CC1=C(N)/C(=C\c2cccnc2)SC1=N. The predicted molar refractivity (Wildman–Crippen MR) is 64.4 cm³/mol. The molecule has 0 saturated carbocycles. The zero-order valence-corrected chi connectivity index (χ0v) is 9.08. The van der Waals surface area contributed by atoms with Crippen LogP contribution in [-0.4, -0.2) is 10.0 Å². The summed E-state index contributed by atoms with van der Waals surface area (Å²) < 4.78 is 0. The van der Waals surface area contributed by atoms with Crippen LogP contribution < -0.4 is 5.73 Å². The molecule has 0 aromatic carbocycles. The predicted octanol–water partition coefficient (Wildman–Crippen LogP) is 1.88. The summed E-state index contributed by atoms with van der Waals surface area (Å²) in [5.41, 5.74) is 7.31. The highest BCUT2D eigenvalue weighted by molar-refractivity contribution is 8.18. The van der Waals surface area contributed by atoms with E-state index in [4.69, 9.17) is 16.4 Å². The highest BCUT2D eigenvalue weighted by Crippen LogP contribution is 2.35. The van der Waals surface area contributed by atoms with Crippen LogP contribution in [0.5, 0.6) is 0 Å². The number of nitrogens with two attached hydrogens (primary N) is 1. The zero-order chi connectivity index (χ0) is 11.5. The summed E-state index contributed by atoms with van der Waals surface area (Å²) >= 11 is 1.20. The van der Waals surface area contributed by atoms with Crippen LogP contribution in [-0.2, 0) is 0 Å². The van der Waals surface area contributed by atoms with E-state index in [-0.39, 0.29) is 10.6 Å². The van der Waals surface area contributed by atoms with Crippen molar-refractivity contribution in [2.45, 2.75) is 0 Å². The van der Waals surface area contributed by atoms with E-state index >= 15 is 0 Å². The Hall–Kier alpha value is -2.06. The van der Waals surface area contributed by atoms with Crippen molar-refractivity contribution in [1.29, 1.82) is 10.7 Å². The second kappa shape index (κ2) is 4.21. The number of hydrogen-bond acceptors (Lipinski definition) is 5. The topological polar surface area (TPSA) is 86.6 Å². The molecule has 16 heavy (non-hydrogen) atoms. The van der Waals surface area contributed by atoms with E-state index in [0.717, 1.165) is 10.5 Å². The summed E-state index contributed by atoms with van der Waals surface area (Å²) in [6, 6.07) is 5.64. The minimum Gasteiger partial charge on any atom is -0.397 e. The highest BCUT2D eigenvalue weighted by atomic mass is 32.2. The fourth-order valence-electron chi connectivity index (χ4n) is 1.29. The van der Waals surface area contributed by atoms with Crippen LogP contribution in [0.15, 0.2) is 40.7 Å². The quantitative estimate of drug-likeness (QED) is 0.768. The maximum absolute atomic E-state index is 8.81. The first-order valence-electron chi connectivity index (χ1n) is 4.51. The average molecular weight is 228 g/mol. The van der Waals surface area contributed by atoms with Crippen molar-refractivity contribution in [3.8, 4) is 6.07 Å². The van der Waals surface area contributed by atoms with E-state index < -0.39 is 0 Å². The normalized spacial score (nSPS) is 17.9. The molecule has 2 heterocycles. The van der Waals surface area contributed by atoms with Crippen molar-refractivity contribution in [3.05, 3.63) is 46.3 Å². The van der Waals surface area contributed by atoms with Gasteiger partial charge in [0.1, 0.15) is 16.7 Å². The maximum Gasteiger partial charge on any atom is 0.112 e. The molecule has 0 atom stereocenters. The fourth-order valence-corrected chi connectivity index (χ4v) is 2.18. The lowest BCUT2D eigenvalue weighted by atomic mass is 10.2. The van der Waals surface area contributed by atoms with E-state index in [0.29, 0.717) is 5.70 Å². The van der Waals surface area contributed by atoms with Gasteiger partial charge in [0.25, 0.3) is 0 Å². The van der Waals surface area contributed by atoms with Crippen LogP contribution in [0.1, 0.15) is 5.56 Å². The van der Waals surface area contributed by atoms with Gasteiger partial charge in [-0.1, -0.05) is 17.8 Å². The molecule has 1 aromatic heterocycles. The molecule has 0 fully saturated rings. The van der Waals surface area contributed by atoms with Crippen LogP contribution in [0.25, 0.3) is 6.08 Å². The molecule has 0 aliphatic carbocycles. The second-order valence-corrected chi connectivity index (χ2v) is 4.18.